The highest BCUT2D eigenvalue weighted by Gasteiger charge is 2.31. The van der Waals surface area contributed by atoms with Crippen molar-refractivity contribution in [1.29, 1.82) is 0 Å². The fourth-order valence-electron chi connectivity index (χ4n) is 3.01. The molecule has 2 amide bonds. The zero-order valence-corrected chi connectivity index (χ0v) is 19.6. The molecule has 0 radical (unpaired) electrons. The van der Waals surface area contributed by atoms with E-state index in [9.17, 15) is 14.0 Å². The molecule has 0 saturated heterocycles. The summed E-state index contributed by atoms with van der Waals surface area (Å²) in [6.45, 7) is 6.94. The minimum absolute atomic E-state index is 0.00798. The molecule has 0 aliphatic heterocycles. The van der Waals surface area contributed by atoms with Crippen molar-refractivity contribution in [1.82, 2.24) is 10.2 Å². The van der Waals surface area contributed by atoms with Gasteiger partial charge in [0.25, 0.3) is 5.91 Å². The van der Waals surface area contributed by atoms with Crippen LogP contribution in [0, 0.1) is 5.82 Å². The van der Waals surface area contributed by atoms with Crippen molar-refractivity contribution in [2.24, 2.45) is 0 Å². The number of hydrogen-bond acceptors (Lipinski definition) is 3. The molecule has 1 unspecified atom stereocenters. The lowest BCUT2D eigenvalue weighted by Gasteiger charge is -2.33. The molecule has 0 spiro atoms. The molecule has 2 aromatic carbocycles. The number of amides is 2. The molecule has 168 valence electrons. The van der Waals surface area contributed by atoms with Gasteiger partial charge in [-0.3, -0.25) is 9.59 Å². The van der Waals surface area contributed by atoms with Gasteiger partial charge in [-0.25, -0.2) is 4.39 Å². The van der Waals surface area contributed by atoms with Gasteiger partial charge >= 0.3 is 0 Å². The second-order valence-corrected chi connectivity index (χ2v) is 8.92. The highest BCUT2D eigenvalue weighted by Crippen LogP contribution is 2.27. The molecule has 0 fully saturated rings. The largest absolute Gasteiger partial charge is 0.481 e. The quantitative estimate of drug-likeness (QED) is 0.576. The Morgan fingerprint density at radius 2 is 1.71 bits per heavy atom. The summed E-state index contributed by atoms with van der Waals surface area (Å²) in [5, 5.41) is 3.67. The molecule has 8 heteroatoms. The van der Waals surface area contributed by atoms with Crippen molar-refractivity contribution >= 4 is 35.0 Å². The molecule has 1 atom stereocenters. The van der Waals surface area contributed by atoms with E-state index in [0.717, 1.165) is 0 Å². The zero-order valence-electron chi connectivity index (χ0n) is 18.0. The first-order valence-corrected chi connectivity index (χ1v) is 10.7. The third kappa shape index (κ3) is 7.11. The molecule has 0 aliphatic rings. The monoisotopic (exact) mass is 468 g/mol. The van der Waals surface area contributed by atoms with Crippen molar-refractivity contribution in [3.63, 3.8) is 0 Å². The second kappa shape index (κ2) is 10.8. The standard InChI is InChI=1S/C23H27Cl2FN2O3/c1-5-19(22(30)27-23(2,3)4)28(13-15-16(24)9-8-10-17(15)25)21(29)14-31-20-12-7-6-11-18(20)26/h6-12,19H,5,13-14H2,1-4H3,(H,27,30). The molecule has 0 aromatic heterocycles. The van der Waals surface area contributed by atoms with Gasteiger partial charge < -0.3 is 15.0 Å². The molecule has 5 nitrogen and oxygen atoms in total. The van der Waals surface area contributed by atoms with Crippen molar-refractivity contribution in [3.8, 4) is 5.75 Å². The third-order valence-corrected chi connectivity index (χ3v) is 5.17. The third-order valence-electron chi connectivity index (χ3n) is 4.46. The number of ether oxygens (including phenoxy) is 1. The molecule has 0 bridgehead atoms. The SMILES string of the molecule is CCC(C(=O)NC(C)(C)C)N(Cc1c(Cl)cccc1Cl)C(=O)COc1ccccc1F. The van der Waals surface area contributed by atoms with Gasteiger partial charge in [0, 0.05) is 27.7 Å². The molecule has 2 rings (SSSR count). The van der Waals surface area contributed by atoms with Gasteiger partial charge in [-0.15, -0.1) is 0 Å². The van der Waals surface area contributed by atoms with Crippen LogP contribution in [0.2, 0.25) is 10.0 Å². The van der Waals surface area contributed by atoms with E-state index in [4.69, 9.17) is 27.9 Å². The molecular formula is C23H27Cl2FN2O3. The number of rotatable bonds is 8. The van der Waals surface area contributed by atoms with E-state index in [2.05, 4.69) is 5.32 Å². The van der Waals surface area contributed by atoms with Crippen molar-refractivity contribution in [3.05, 3.63) is 63.9 Å². The molecule has 1 N–H and O–H groups in total. The first kappa shape index (κ1) is 25.0. The van der Waals surface area contributed by atoms with Crippen LogP contribution in [0.25, 0.3) is 0 Å². The maximum atomic E-state index is 13.9. The van der Waals surface area contributed by atoms with Crippen LogP contribution in [0.5, 0.6) is 5.75 Å². The summed E-state index contributed by atoms with van der Waals surface area (Å²) in [7, 11) is 0. The van der Waals surface area contributed by atoms with E-state index in [1.807, 2.05) is 20.8 Å². The van der Waals surface area contributed by atoms with Gasteiger partial charge in [-0.05, 0) is 51.5 Å². The summed E-state index contributed by atoms with van der Waals surface area (Å²) in [6.07, 6.45) is 0.357. The molecular weight excluding hydrogens is 442 g/mol. The van der Waals surface area contributed by atoms with Crippen LogP contribution in [0.15, 0.2) is 42.5 Å². The van der Waals surface area contributed by atoms with Crippen LogP contribution in [0.1, 0.15) is 39.7 Å². The topological polar surface area (TPSA) is 58.6 Å². The fourth-order valence-corrected chi connectivity index (χ4v) is 3.53. The number of carbonyl (C=O) groups excluding carboxylic acids is 2. The smallest absolute Gasteiger partial charge is 0.261 e. The lowest BCUT2D eigenvalue weighted by atomic mass is 10.1. The first-order chi connectivity index (χ1) is 14.5. The lowest BCUT2D eigenvalue weighted by molar-refractivity contribution is -0.143. The Kier molecular flexibility index (Phi) is 8.71. The maximum absolute atomic E-state index is 13.9. The fraction of sp³-hybridized carbons (Fsp3) is 0.391. The van der Waals surface area contributed by atoms with E-state index < -0.39 is 29.9 Å². The summed E-state index contributed by atoms with van der Waals surface area (Å²) in [6, 6.07) is 10.0. The normalized spacial score (nSPS) is 12.2. The van der Waals surface area contributed by atoms with Gasteiger partial charge in [0.2, 0.25) is 5.91 Å². The first-order valence-electron chi connectivity index (χ1n) is 9.95. The lowest BCUT2D eigenvalue weighted by Crippen LogP contribution is -2.54. The van der Waals surface area contributed by atoms with Crippen molar-refractivity contribution < 1.29 is 18.7 Å². The molecule has 0 aliphatic carbocycles. The average Bonchev–Trinajstić information content (AvgIpc) is 2.67. The van der Waals surface area contributed by atoms with E-state index in [-0.39, 0.29) is 18.2 Å². The number of benzene rings is 2. The minimum Gasteiger partial charge on any atom is -0.481 e. The Hall–Kier alpha value is -2.31. The summed E-state index contributed by atoms with van der Waals surface area (Å²) in [5.74, 6) is -1.42. The van der Waals surface area contributed by atoms with Gasteiger partial charge in [0.05, 0.1) is 0 Å². The van der Waals surface area contributed by atoms with E-state index in [0.29, 0.717) is 22.0 Å². The van der Waals surface area contributed by atoms with Gasteiger partial charge in [-0.1, -0.05) is 48.3 Å². The van der Waals surface area contributed by atoms with Crippen LogP contribution in [0.4, 0.5) is 4.39 Å². The molecule has 0 saturated carbocycles. The van der Waals surface area contributed by atoms with Crippen LogP contribution < -0.4 is 10.1 Å². The van der Waals surface area contributed by atoms with Crippen molar-refractivity contribution in [2.45, 2.75) is 52.2 Å². The Labute approximate surface area is 192 Å². The van der Waals surface area contributed by atoms with Crippen LogP contribution >= 0.6 is 23.2 Å². The number of hydrogen-bond donors (Lipinski definition) is 1. The Morgan fingerprint density at radius 1 is 1.10 bits per heavy atom. The van der Waals surface area contributed by atoms with Gasteiger partial charge in [-0.2, -0.15) is 0 Å². The summed E-state index contributed by atoms with van der Waals surface area (Å²) < 4.78 is 19.3. The van der Waals surface area contributed by atoms with Gasteiger partial charge in [0.1, 0.15) is 6.04 Å². The van der Waals surface area contributed by atoms with Crippen LogP contribution in [-0.2, 0) is 16.1 Å². The summed E-state index contributed by atoms with van der Waals surface area (Å²) in [4.78, 5) is 27.5. The Morgan fingerprint density at radius 3 is 2.26 bits per heavy atom. The van der Waals surface area contributed by atoms with E-state index >= 15 is 0 Å². The number of halogens is 3. The number of nitrogens with one attached hydrogen (secondary N) is 1. The van der Waals surface area contributed by atoms with Crippen LogP contribution in [0.3, 0.4) is 0 Å². The Balaban J connectivity index is 2.32. The van der Waals surface area contributed by atoms with E-state index in [1.54, 1.807) is 31.2 Å². The summed E-state index contributed by atoms with van der Waals surface area (Å²) >= 11 is 12.6. The molecule has 31 heavy (non-hydrogen) atoms. The highest BCUT2D eigenvalue weighted by molar-refractivity contribution is 6.36. The Bertz CT molecular complexity index is 911. The summed E-state index contributed by atoms with van der Waals surface area (Å²) in [5.41, 5.74) is 0.0392. The maximum Gasteiger partial charge on any atom is 0.261 e. The predicted octanol–water partition coefficient (Wildman–Crippen LogP) is 5.23. The van der Waals surface area contributed by atoms with Crippen LogP contribution in [-0.4, -0.2) is 34.9 Å². The number of nitrogens with zero attached hydrogens (tertiary/aromatic N) is 1. The number of para-hydroxylation sites is 1. The molecule has 0 heterocycles. The van der Waals surface area contributed by atoms with Crippen molar-refractivity contribution in [2.75, 3.05) is 6.61 Å². The molecule has 2 aromatic rings. The predicted molar refractivity (Wildman–Crippen MR) is 121 cm³/mol. The van der Waals surface area contributed by atoms with Gasteiger partial charge in [0.15, 0.2) is 18.2 Å². The second-order valence-electron chi connectivity index (χ2n) is 8.10. The highest BCUT2D eigenvalue weighted by atomic mass is 35.5. The zero-order chi connectivity index (χ0) is 23.2. The minimum atomic E-state index is -0.789. The average molecular weight is 469 g/mol. The van der Waals surface area contributed by atoms with E-state index in [1.165, 1.54) is 23.1 Å². The number of carbonyl (C=O) groups is 2.